The molecule has 1 aromatic carbocycles. The molecule has 2 N–H and O–H groups in total. The minimum Gasteiger partial charge on any atom is -0.330 e. The molecule has 0 amide bonds. The molecular weight excluding hydrogens is 220 g/mol. The van der Waals surface area contributed by atoms with E-state index in [9.17, 15) is 0 Å². The molecule has 0 aliphatic rings. The fraction of sp³-hybridized carbons (Fsp3) is 0.625. The quantitative estimate of drug-likeness (QED) is 0.765. The first-order valence-electron chi connectivity index (χ1n) is 7.06. The van der Waals surface area contributed by atoms with Crippen LogP contribution in [0.15, 0.2) is 24.3 Å². The minimum absolute atomic E-state index is 0.766. The molecule has 0 fully saturated rings. The summed E-state index contributed by atoms with van der Waals surface area (Å²) >= 11 is 0. The summed E-state index contributed by atoms with van der Waals surface area (Å²) in [4.78, 5) is 2.41. The zero-order valence-electron chi connectivity index (χ0n) is 12.2. The van der Waals surface area contributed by atoms with E-state index in [1.54, 1.807) is 0 Å². The highest BCUT2D eigenvalue weighted by molar-refractivity contribution is 5.21. The van der Waals surface area contributed by atoms with Crippen molar-refractivity contribution in [3.05, 3.63) is 35.4 Å². The summed E-state index contributed by atoms with van der Waals surface area (Å²) in [5.41, 5.74) is 8.32. The van der Waals surface area contributed by atoms with Gasteiger partial charge in [0.15, 0.2) is 0 Å². The average molecular weight is 248 g/mol. The summed E-state index contributed by atoms with van der Waals surface area (Å²) in [5, 5.41) is 0. The Hall–Kier alpha value is -0.860. The SMILES string of the molecule is Cc1cccc(CN(C)CCCC(C)CCN)c1. The van der Waals surface area contributed by atoms with Crippen LogP contribution in [0.2, 0.25) is 0 Å². The lowest BCUT2D eigenvalue weighted by molar-refractivity contribution is 0.306. The van der Waals surface area contributed by atoms with Crippen molar-refractivity contribution in [3.63, 3.8) is 0 Å². The molecule has 0 radical (unpaired) electrons. The van der Waals surface area contributed by atoms with Crippen molar-refractivity contribution in [2.75, 3.05) is 20.1 Å². The molecule has 0 aliphatic heterocycles. The van der Waals surface area contributed by atoms with Crippen molar-refractivity contribution < 1.29 is 0 Å². The highest BCUT2D eigenvalue weighted by Gasteiger charge is 2.03. The van der Waals surface area contributed by atoms with Crippen LogP contribution in [0.4, 0.5) is 0 Å². The molecule has 0 aromatic heterocycles. The fourth-order valence-corrected chi connectivity index (χ4v) is 2.34. The number of aryl methyl sites for hydroxylation is 1. The van der Waals surface area contributed by atoms with Gasteiger partial charge < -0.3 is 10.6 Å². The molecule has 0 aliphatic carbocycles. The maximum absolute atomic E-state index is 5.57. The summed E-state index contributed by atoms with van der Waals surface area (Å²) in [6.07, 6.45) is 3.71. The molecule has 1 aromatic rings. The van der Waals surface area contributed by atoms with Crippen LogP contribution in [-0.4, -0.2) is 25.0 Å². The molecule has 2 heteroatoms. The second-order valence-electron chi connectivity index (χ2n) is 5.55. The highest BCUT2D eigenvalue weighted by atomic mass is 15.1. The molecule has 0 spiro atoms. The summed E-state index contributed by atoms with van der Waals surface area (Å²) < 4.78 is 0. The largest absolute Gasteiger partial charge is 0.330 e. The van der Waals surface area contributed by atoms with Crippen molar-refractivity contribution in [1.82, 2.24) is 4.90 Å². The van der Waals surface area contributed by atoms with E-state index in [0.717, 1.165) is 25.4 Å². The molecule has 0 saturated heterocycles. The summed E-state index contributed by atoms with van der Waals surface area (Å²) in [6, 6.07) is 8.77. The van der Waals surface area contributed by atoms with Gasteiger partial charge in [0.25, 0.3) is 0 Å². The zero-order valence-corrected chi connectivity index (χ0v) is 12.2. The van der Waals surface area contributed by atoms with E-state index in [1.807, 2.05) is 0 Å². The van der Waals surface area contributed by atoms with Gasteiger partial charge in [0.1, 0.15) is 0 Å². The van der Waals surface area contributed by atoms with Crippen LogP contribution in [-0.2, 0) is 6.54 Å². The normalized spacial score (nSPS) is 12.9. The van der Waals surface area contributed by atoms with Crippen LogP contribution in [0, 0.1) is 12.8 Å². The molecule has 2 nitrogen and oxygen atoms in total. The molecule has 1 unspecified atom stereocenters. The molecule has 1 atom stereocenters. The zero-order chi connectivity index (χ0) is 13.4. The van der Waals surface area contributed by atoms with E-state index < -0.39 is 0 Å². The summed E-state index contributed by atoms with van der Waals surface area (Å²) in [6.45, 7) is 7.49. The van der Waals surface area contributed by atoms with E-state index in [-0.39, 0.29) is 0 Å². The van der Waals surface area contributed by atoms with Gasteiger partial charge in [-0.2, -0.15) is 0 Å². The van der Waals surface area contributed by atoms with E-state index in [2.05, 4.69) is 50.1 Å². The lowest BCUT2D eigenvalue weighted by Crippen LogP contribution is -2.20. The van der Waals surface area contributed by atoms with Crippen molar-refractivity contribution in [2.24, 2.45) is 11.7 Å². The molecule has 1 rings (SSSR count). The number of hydrogen-bond acceptors (Lipinski definition) is 2. The highest BCUT2D eigenvalue weighted by Crippen LogP contribution is 2.11. The lowest BCUT2D eigenvalue weighted by Gasteiger charge is -2.18. The van der Waals surface area contributed by atoms with E-state index in [4.69, 9.17) is 5.73 Å². The van der Waals surface area contributed by atoms with Crippen LogP contribution < -0.4 is 5.73 Å². The summed E-state index contributed by atoms with van der Waals surface area (Å²) in [7, 11) is 2.20. The molecule has 0 heterocycles. The van der Waals surface area contributed by atoms with E-state index >= 15 is 0 Å². The lowest BCUT2D eigenvalue weighted by atomic mass is 10.0. The first-order valence-corrected chi connectivity index (χ1v) is 7.06. The van der Waals surface area contributed by atoms with Gasteiger partial charge in [0.05, 0.1) is 0 Å². The van der Waals surface area contributed by atoms with Crippen LogP contribution in [0.1, 0.15) is 37.3 Å². The van der Waals surface area contributed by atoms with E-state index in [1.165, 1.54) is 30.5 Å². The maximum atomic E-state index is 5.57. The molecule has 0 bridgehead atoms. The number of rotatable bonds is 8. The standard InChI is InChI=1S/C16H28N2/c1-14(9-10-17)7-5-11-18(3)13-16-8-4-6-15(2)12-16/h4,6,8,12,14H,5,7,9-11,13,17H2,1-3H3. The topological polar surface area (TPSA) is 29.3 Å². The molecule has 102 valence electrons. The Balaban J connectivity index is 2.23. The van der Waals surface area contributed by atoms with Gasteiger partial charge in [-0.3, -0.25) is 0 Å². The predicted molar refractivity (Wildman–Crippen MR) is 79.6 cm³/mol. The predicted octanol–water partition coefficient (Wildman–Crippen LogP) is 3.19. The molecular formula is C16H28N2. The number of nitrogens with zero attached hydrogens (tertiary/aromatic N) is 1. The van der Waals surface area contributed by atoms with Crippen LogP contribution in [0.5, 0.6) is 0 Å². The van der Waals surface area contributed by atoms with Gasteiger partial charge in [-0.25, -0.2) is 0 Å². The Bertz CT molecular complexity index is 336. The average Bonchev–Trinajstić information content (AvgIpc) is 2.29. The first kappa shape index (κ1) is 15.2. The first-order chi connectivity index (χ1) is 8.61. The smallest absolute Gasteiger partial charge is 0.0230 e. The van der Waals surface area contributed by atoms with Crippen LogP contribution in [0.25, 0.3) is 0 Å². The van der Waals surface area contributed by atoms with Gasteiger partial charge in [-0.05, 0) is 57.8 Å². The molecule has 0 saturated carbocycles. The second kappa shape index (κ2) is 8.28. The molecule has 18 heavy (non-hydrogen) atoms. The van der Waals surface area contributed by atoms with Gasteiger partial charge in [-0.1, -0.05) is 36.8 Å². The van der Waals surface area contributed by atoms with Gasteiger partial charge in [-0.15, -0.1) is 0 Å². The maximum Gasteiger partial charge on any atom is 0.0230 e. The Morgan fingerprint density at radius 1 is 1.28 bits per heavy atom. The number of benzene rings is 1. The Morgan fingerprint density at radius 2 is 2.06 bits per heavy atom. The van der Waals surface area contributed by atoms with Crippen molar-refractivity contribution >= 4 is 0 Å². The van der Waals surface area contributed by atoms with Crippen molar-refractivity contribution in [3.8, 4) is 0 Å². The third kappa shape index (κ3) is 6.18. The Morgan fingerprint density at radius 3 is 2.72 bits per heavy atom. The number of nitrogens with two attached hydrogens (primary N) is 1. The van der Waals surface area contributed by atoms with Crippen LogP contribution in [0.3, 0.4) is 0 Å². The van der Waals surface area contributed by atoms with E-state index in [0.29, 0.717) is 0 Å². The van der Waals surface area contributed by atoms with Crippen LogP contribution >= 0.6 is 0 Å². The Kier molecular flexibility index (Phi) is 6.99. The fourth-order valence-electron chi connectivity index (χ4n) is 2.34. The van der Waals surface area contributed by atoms with Gasteiger partial charge in [0, 0.05) is 6.54 Å². The monoisotopic (exact) mass is 248 g/mol. The van der Waals surface area contributed by atoms with Gasteiger partial charge in [0.2, 0.25) is 0 Å². The third-order valence-electron chi connectivity index (χ3n) is 3.43. The van der Waals surface area contributed by atoms with Crippen molar-refractivity contribution in [2.45, 2.75) is 39.7 Å². The third-order valence-corrected chi connectivity index (χ3v) is 3.43. The number of hydrogen-bond donors (Lipinski definition) is 1. The van der Waals surface area contributed by atoms with Crippen molar-refractivity contribution in [1.29, 1.82) is 0 Å². The second-order valence-corrected chi connectivity index (χ2v) is 5.55. The Labute approximate surface area is 112 Å². The summed E-state index contributed by atoms with van der Waals surface area (Å²) in [5.74, 6) is 0.766. The van der Waals surface area contributed by atoms with Gasteiger partial charge >= 0.3 is 0 Å². The minimum atomic E-state index is 0.766.